The number of benzene rings is 1. The zero-order valence-corrected chi connectivity index (χ0v) is 10.5. The van der Waals surface area contributed by atoms with E-state index in [2.05, 4.69) is 25.9 Å². The fourth-order valence-corrected chi connectivity index (χ4v) is 2.64. The van der Waals surface area contributed by atoms with Crippen LogP contribution in [0, 0.1) is 5.82 Å². The number of aromatic amines is 1. The van der Waals surface area contributed by atoms with E-state index in [-0.39, 0.29) is 5.82 Å². The van der Waals surface area contributed by atoms with Gasteiger partial charge in [0.05, 0.1) is 11.2 Å². The predicted molar refractivity (Wildman–Crippen MR) is 67.5 cm³/mol. The van der Waals surface area contributed by atoms with Crippen molar-refractivity contribution in [3.05, 3.63) is 34.3 Å². The second-order valence-corrected chi connectivity index (χ2v) is 4.56. The van der Waals surface area contributed by atoms with Crippen molar-refractivity contribution < 1.29 is 4.39 Å². The Balaban J connectivity index is 2.38. The number of hydrogen-bond donors (Lipinski definition) is 2. The molecule has 3 rings (SSSR count). The van der Waals surface area contributed by atoms with E-state index in [9.17, 15) is 4.39 Å². The van der Waals surface area contributed by atoms with Crippen LogP contribution in [0.4, 0.5) is 4.39 Å². The molecule has 0 saturated heterocycles. The molecule has 0 unspecified atom stereocenters. The zero-order chi connectivity index (χ0) is 12.0. The summed E-state index contributed by atoms with van der Waals surface area (Å²) in [5.74, 6) is 0.312. The quantitative estimate of drug-likeness (QED) is 0.762. The topological polar surface area (TPSA) is 59.1 Å². The molecule has 0 bridgehead atoms. The third-order valence-corrected chi connectivity index (χ3v) is 3.57. The highest BCUT2D eigenvalue weighted by Gasteiger charge is 2.15. The van der Waals surface area contributed by atoms with E-state index < -0.39 is 0 Å². The van der Waals surface area contributed by atoms with Gasteiger partial charge in [0.1, 0.15) is 10.1 Å². The lowest BCUT2D eigenvalue weighted by atomic mass is 10.3. The molecule has 0 radical (unpaired) electrons. The van der Waals surface area contributed by atoms with Gasteiger partial charge in [-0.25, -0.2) is 9.37 Å². The maximum atomic E-state index is 13.6. The summed E-state index contributed by atoms with van der Waals surface area (Å²) in [5.41, 5.74) is 7.62. The molecule has 2 heterocycles. The molecule has 3 N–H and O–H groups in total. The number of hydrogen-bond acceptors (Lipinski definition) is 2. The number of nitrogens with one attached hydrogen (secondary N) is 1. The third kappa shape index (κ3) is 1.48. The van der Waals surface area contributed by atoms with Crippen molar-refractivity contribution >= 4 is 32.7 Å². The first-order chi connectivity index (χ1) is 8.22. The number of imidazole rings is 2. The van der Waals surface area contributed by atoms with Crippen molar-refractivity contribution in [3.63, 3.8) is 0 Å². The SMILES string of the molecule is NCCc1[nH]c2nc3c(F)cccc3n2c1Br. The molecule has 0 fully saturated rings. The lowest BCUT2D eigenvalue weighted by molar-refractivity contribution is 0.637. The fraction of sp³-hybridized carbons (Fsp3) is 0.182. The molecule has 4 nitrogen and oxygen atoms in total. The molecular formula is C11H10BrFN4. The van der Waals surface area contributed by atoms with Crippen LogP contribution < -0.4 is 5.73 Å². The van der Waals surface area contributed by atoms with Gasteiger partial charge in [0.2, 0.25) is 5.78 Å². The summed E-state index contributed by atoms with van der Waals surface area (Å²) in [6, 6.07) is 4.92. The molecule has 0 saturated carbocycles. The van der Waals surface area contributed by atoms with Crippen LogP contribution >= 0.6 is 15.9 Å². The number of nitrogens with two attached hydrogens (primary N) is 1. The first kappa shape index (κ1) is 10.7. The summed E-state index contributed by atoms with van der Waals surface area (Å²) in [7, 11) is 0. The highest BCUT2D eigenvalue weighted by Crippen LogP contribution is 2.26. The smallest absolute Gasteiger partial charge is 0.213 e. The van der Waals surface area contributed by atoms with Gasteiger partial charge in [-0.3, -0.25) is 4.40 Å². The van der Waals surface area contributed by atoms with Gasteiger partial charge in [-0.1, -0.05) is 6.07 Å². The van der Waals surface area contributed by atoms with Crippen LogP contribution in [0.5, 0.6) is 0 Å². The second kappa shape index (κ2) is 3.82. The monoisotopic (exact) mass is 296 g/mol. The zero-order valence-electron chi connectivity index (χ0n) is 8.87. The van der Waals surface area contributed by atoms with Crippen molar-refractivity contribution in [2.75, 3.05) is 6.54 Å². The third-order valence-electron chi connectivity index (χ3n) is 2.74. The van der Waals surface area contributed by atoms with Crippen LogP contribution in [0.25, 0.3) is 16.8 Å². The Labute approximate surface area is 105 Å². The molecule has 0 atom stereocenters. The Hall–Kier alpha value is -1.40. The van der Waals surface area contributed by atoms with Gasteiger partial charge in [-0.2, -0.15) is 0 Å². The highest BCUT2D eigenvalue weighted by atomic mass is 79.9. The molecule has 0 aliphatic rings. The van der Waals surface area contributed by atoms with Crippen LogP contribution in [0.3, 0.4) is 0 Å². The molecular weight excluding hydrogens is 287 g/mol. The molecule has 88 valence electrons. The minimum absolute atomic E-state index is 0.313. The summed E-state index contributed by atoms with van der Waals surface area (Å²) in [5, 5.41) is 0. The lowest BCUT2D eigenvalue weighted by Crippen LogP contribution is -2.03. The number of halogens is 2. The van der Waals surface area contributed by atoms with Crippen LogP contribution in [0.2, 0.25) is 0 Å². The summed E-state index contributed by atoms with van der Waals surface area (Å²) in [6.07, 6.45) is 0.723. The van der Waals surface area contributed by atoms with E-state index in [1.165, 1.54) is 6.07 Å². The average Bonchev–Trinajstić information content (AvgIpc) is 2.80. The largest absolute Gasteiger partial charge is 0.330 e. The second-order valence-electron chi connectivity index (χ2n) is 3.81. The maximum absolute atomic E-state index is 13.6. The standard InChI is InChI=1S/C11H10BrFN4/c12-10-7(4-5-14)15-11-16-9-6(13)2-1-3-8(9)17(10)11/h1-3H,4-5,14H2,(H,15,16). The Bertz CT molecular complexity index is 700. The van der Waals surface area contributed by atoms with Crippen molar-refractivity contribution in [2.45, 2.75) is 6.42 Å². The maximum Gasteiger partial charge on any atom is 0.213 e. The summed E-state index contributed by atoms with van der Waals surface area (Å²) in [6.45, 7) is 0.550. The van der Waals surface area contributed by atoms with Gasteiger partial charge in [0.15, 0.2) is 5.82 Å². The molecule has 0 aliphatic carbocycles. The van der Waals surface area contributed by atoms with Gasteiger partial charge in [0, 0.05) is 6.42 Å². The summed E-state index contributed by atoms with van der Waals surface area (Å²) in [4.78, 5) is 7.38. The Morgan fingerprint density at radius 1 is 1.47 bits per heavy atom. The summed E-state index contributed by atoms with van der Waals surface area (Å²) < 4.78 is 16.3. The van der Waals surface area contributed by atoms with Crippen molar-refractivity contribution in [3.8, 4) is 0 Å². The van der Waals surface area contributed by atoms with E-state index in [4.69, 9.17) is 5.73 Å². The minimum atomic E-state index is -0.313. The molecule has 0 aliphatic heterocycles. The van der Waals surface area contributed by atoms with Crippen LogP contribution in [0.15, 0.2) is 22.8 Å². The van der Waals surface area contributed by atoms with Crippen molar-refractivity contribution in [1.29, 1.82) is 0 Å². The highest BCUT2D eigenvalue weighted by molar-refractivity contribution is 9.10. The summed E-state index contributed by atoms with van der Waals surface area (Å²) >= 11 is 3.49. The van der Waals surface area contributed by atoms with Gasteiger partial charge in [-0.05, 0) is 34.6 Å². The molecule has 0 spiro atoms. The lowest BCUT2D eigenvalue weighted by Gasteiger charge is -1.96. The molecule has 1 aromatic carbocycles. The molecule has 6 heteroatoms. The Morgan fingerprint density at radius 2 is 2.29 bits per heavy atom. The van der Waals surface area contributed by atoms with Crippen molar-refractivity contribution in [1.82, 2.24) is 14.4 Å². The molecule has 2 aromatic heterocycles. The van der Waals surface area contributed by atoms with E-state index in [0.29, 0.717) is 17.8 Å². The van der Waals surface area contributed by atoms with E-state index >= 15 is 0 Å². The number of rotatable bonds is 2. The number of aromatic nitrogens is 3. The Morgan fingerprint density at radius 3 is 3.06 bits per heavy atom. The number of para-hydroxylation sites is 1. The van der Waals surface area contributed by atoms with Gasteiger partial charge in [-0.15, -0.1) is 0 Å². The Kier molecular flexibility index (Phi) is 2.41. The first-order valence-electron chi connectivity index (χ1n) is 5.25. The van der Waals surface area contributed by atoms with Crippen LogP contribution in [-0.4, -0.2) is 20.9 Å². The molecule has 0 amide bonds. The average molecular weight is 297 g/mol. The predicted octanol–water partition coefficient (Wildman–Crippen LogP) is 2.22. The first-order valence-corrected chi connectivity index (χ1v) is 6.04. The number of H-pyrrole nitrogens is 1. The molecule has 3 aromatic rings. The van der Waals surface area contributed by atoms with Crippen molar-refractivity contribution in [2.24, 2.45) is 5.73 Å². The minimum Gasteiger partial charge on any atom is -0.330 e. The number of fused-ring (bicyclic) bond motifs is 3. The molecule has 17 heavy (non-hydrogen) atoms. The van der Waals surface area contributed by atoms with Gasteiger partial charge < -0.3 is 10.7 Å². The van der Waals surface area contributed by atoms with Gasteiger partial charge >= 0.3 is 0 Å². The van der Waals surface area contributed by atoms with E-state index in [0.717, 1.165) is 22.2 Å². The number of nitrogens with zero attached hydrogens (tertiary/aromatic N) is 2. The van der Waals surface area contributed by atoms with Crippen LogP contribution in [-0.2, 0) is 6.42 Å². The van der Waals surface area contributed by atoms with Gasteiger partial charge in [0.25, 0.3) is 0 Å². The van der Waals surface area contributed by atoms with E-state index in [1.54, 1.807) is 6.07 Å². The van der Waals surface area contributed by atoms with E-state index in [1.807, 2.05) is 10.5 Å². The normalized spacial score (nSPS) is 11.7. The van der Waals surface area contributed by atoms with Crippen LogP contribution in [0.1, 0.15) is 5.69 Å². The fourth-order valence-electron chi connectivity index (χ4n) is 1.98.